The molecule has 2 rings (SSSR count). The van der Waals surface area contributed by atoms with Crippen LogP contribution in [0.4, 0.5) is 0 Å². The molecule has 2 saturated heterocycles. The normalized spacial score (nSPS) is 28.4. The van der Waals surface area contributed by atoms with Crippen molar-refractivity contribution in [3.05, 3.63) is 0 Å². The first kappa shape index (κ1) is 14.8. The van der Waals surface area contributed by atoms with E-state index in [4.69, 9.17) is 0 Å². The van der Waals surface area contributed by atoms with Crippen LogP contribution in [-0.2, 0) is 4.79 Å². The van der Waals surface area contributed by atoms with Gasteiger partial charge in [0.15, 0.2) is 0 Å². The number of rotatable bonds is 1. The predicted octanol–water partition coefficient (Wildman–Crippen LogP) is -0.00430. The molecule has 0 aromatic carbocycles. The third-order valence-electron chi connectivity index (χ3n) is 4.82. The zero-order valence-corrected chi connectivity index (χ0v) is 12.6. The Morgan fingerprint density at radius 2 is 1.63 bits per heavy atom. The number of piperazine rings is 1. The minimum Gasteiger partial charge on any atom is -0.380 e. The summed E-state index contributed by atoms with van der Waals surface area (Å²) in [6.45, 7) is 8.15. The molecule has 0 saturated carbocycles. The number of nitrogens with zero attached hydrogens (tertiary/aromatic N) is 3. The number of carbonyl (C=O) groups excluding carboxylic acids is 1. The molecule has 0 aliphatic carbocycles. The summed E-state index contributed by atoms with van der Waals surface area (Å²) in [6.07, 6.45) is 1.10. The summed E-state index contributed by atoms with van der Waals surface area (Å²) in [5.41, 5.74) is -1.16. The zero-order valence-electron chi connectivity index (χ0n) is 12.6. The van der Waals surface area contributed by atoms with E-state index in [2.05, 4.69) is 30.7 Å². The molecule has 0 atom stereocenters. The van der Waals surface area contributed by atoms with E-state index in [1.165, 1.54) is 0 Å². The third-order valence-corrected chi connectivity index (χ3v) is 4.82. The van der Waals surface area contributed by atoms with Crippen molar-refractivity contribution < 1.29 is 9.90 Å². The summed E-state index contributed by atoms with van der Waals surface area (Å²) in [4.78, 5) is 18.9. The summed E-state index contributed by atoms with van der Waals surface area (Å²) < 4.78 is 0. The maximum absolute atomic E-state index is 12.6. The van der Waals surface area contributed by atoms with E-state index >= 15 is 0 Å². The highest BCUT2D eigenvalue weighted by atomic mass is 16.3. The van der Waals surface area contributed by atoms with Crippen molar-refractivity contribution in [3.8, 4) is 0 Å². The van der Waals surface area contributed by atoms with E-state index in [9.17, 15) is 9.90 Å². The van der Waals surface area contributed by atoms with Crippen molar-refractivity contribution >= 4 is 5.91 Å². The fourth-order valence-corrected chi connectivity index (χ4v) is 2.91. The summed E-state index contributed by atoms with van der Waals surface area (Å²) in [5, 5.41) is 10.6. The molecule has 0 aromatic heterocycles. The van der Waals surface area contributed by atoms with Crippen LogP contribution >= 0.6 is 0 Å². The molecule has 0 spiro atoms. The van der Waals surface area contributed by atoms with E-state index < -0.39 is 5.60 Å². The molecule has 110 valence electrons. The van der Waals surface area contributed by atoms with Crippen molar-refractivity contribution in [2.45, 2.75) is 37.8 Å². The van der Waals surface area contributed by atoms with Gasteiger partial charge in [0.1, 0.15) is 5.60 Å². The van der Waals surface area contributed by atoms with Gasteiger partial charge in [-0.1, -0.05) is 0 Å². The minimum absolute atomic E-state index is 0.0181. The lowest BCUT2D eigenvalue weighted by atomic mass is 9.88. The van der Waals surface area contributed by atoms with Gasteiger partial charge in [0.25, 0.3) is 5.91 Å². The summed E-state index contributed by atoms with van der Waals surface area (Å²) in [5.74, 6) is -0.0678. The van der Waals surface area contributed by atoms with Crippen LogP contribution < -0.4 is 0 Å². The van der Waals surface area contributed by atoms with Gasteiger partial charge in [0.05, 0.1) is 0 Å². The molecule has 1 amide bonds. The smallest absolute Gasteiger partial charge is 0.254 e. The lowest BCUT2D eigenvalue weighted by molar-refractivity contribution is -0.160. The van der Waals surface area contributed by atoms with Crippen molar-refractivity contribution in [2.24, 2.45) is 0 Å². The first-order valence-corrected chi connectivity index (χ1v) is 7.16. The van der Waals surface area contributed by atoms with Crippen LogP contribution in [0.1, 0.15) is 26.7 Å². The topological polar surface area (TPSA) is 47.0 Å². The second-order valence-corrected chi connectivity index (χ2v) is 6.80. The first-order chi connectivity index (χ1) is 8.74. The lowest BCUT2D eigenvalue weighted by Crippen LogP contribution is -2.63. The fraction of sp³-hybridized carbons (Fsp3) is 0.929. The summed E-state index contributed by atoms with van der Waals surface area (Å²) in [7, 11) is 4.12. The Morgan fingerprint density at radius 1 is 1.05 bits per heavy atom. The Bertz CT molecular complexity index is 349. The first-order valence-electron chi connectivity index (χ1n) is 7.16. The highest BCUT2D eigenvalue weighted by Gasteiger charge is 2.44. The summed E-state index contributed by atoms with van der Waals surface area (Å²) >= 11 is 0. The highest BCUT2D eigenvalue weighted by molar-refractivity contribution is 5.85. The number of hydrogen-bond acceptors (Lipinski definition) is 4. The van der Waals surface area contributed by atoms with Gasteiger partial charge in [0, 0.05) is 38.3 Å². The van der Waals surface area contributed by atoms with Gasteiger partial charge in [-0.2, -0.15) is 0 Å². The maximum Gasteiger partial charge on any atom is 0.254 e. The lowest BCUT2D eigenvalue weighted by Gasteiger charge is -2.48. The zero-order chi connectivity index (χ0) is 14.3. The van der Waals surface area contributed by atoms with Crippen molar-refractivity contribution in [1.82, 2.24) is 14.7 Å². The Hall–Kier alpha value is -0.650. The number of aliphatic hydroxyl groups is 1. The monoisotopic (exact) mass is 269 g/mol. The SMILES string of the molecule is CN1CCC(O)(C(=O)N2CCN(C)C(C)(C)C2)CC1. The molecule has 0 unspecified atom stereocenters. The van der Waals surface area contributed by atoms with Crippen LogP contribution in [0.25, 0.3) is 0 Å². The van der Waals surface area contributed by atoms with Crippen LogP contribution in [-0.4, -0.2) is 83.7 Å². The molecule has 5 heteroatoms. The van der Waals surface area contributed by atoms with Crippen molar-refractivity contribution in [2.75, 3.05) is 46.8 Å². The van der Waals surface area contributed by atoms with E-state index in [1.807, 2.05) is 11.9 Å². The number of likely N-dealkylation sites (N-methyl/N-ethyl adjacent to an activating group) is 1. The van der Waals surface area contributed by atoms with E-state index in [0.29, 0.717) is 19.4 Å². The molecule has 1 N–H and O–H groups in total. The standard InChI is InChI=1S/C14H27N3O2/c1-13(2)11-17(10-9-16(13)4)12(18)14(19)5-7-15(3)8-6-14/h19H,5-11H2,1-4H3. The third kappa shape index (κ3) is 2.93. The molecule has 19 heavy (non-hydrogen) atoms. The molecular weight excluding hydrogens is 242 g/mol. The minimum atomic E-state index is -1.14. The number of likely N-dealkylation sites (tertiary alicyclic amines) is 1. The molecule has 2 aliphatic rings. The quantitative estimate of drug-likeness (QED) is 0.728. The molecular formula is C14H27N3O2. The molecule has 2 fully saturated rings. The number of carbonyl (C=O) groups is 1. The Kier molecular flexibility index (Phi) is 3.91. The van der Waals surface area contributed by atoms with Gasteiger partial charge < -0.3 is 14.9 Å². The van der Waals surface area contributed by atoms with Gasteiger partial charge in [-0.3, -0.25) is 9.69 Å². The molecule has 0 radical (unpaired) electrons. The molecule has 0 aromatic rings. The second kappa shape index (κ2) is 5.04. The van der Waals surface area contributed by atoms with Gasteiger partial charge in [-0.05, 0) is 40.8 Å². The van der Waals surface area contributed by atoms with Gasteiger partial charge in [-0.15, -0.1) is 0 Å². The molecule has 5 nitrogen and oxygen atoms in total. The van der Waals surface area contributed by atoms with Crippen LogP contribution in [0.2, 0.25) is 0 Å². The molecule has 2 aliphatic heterocycles. The van der Waals surface area contributed by atoms with Crippen LogP contribution in [0.5, 0.6) is 0 Å². The number of hydrogen-bond donors (Lipinski definition) is 1. The van der Waals surface area contributed by atoms with Gasteiger partial charge in [0.2, 0.25) is 0 Å². The fourth-order valence-electron chi connectivity index (χ4n) is 2.91. The van der Waals surface area contributed by atoms with Gasteiger partial charge in [-0.25, -0.2) is 0 Å². The van der Waals surface area contributed by atoms with Crippen molar-refractivity contribution in [3.63, 3.8) is 0 Å². The molecule has 2 heterocycles. The molecule has 0 bridgehead atoms. The summed E-state index contributed by atoms with van der Waals surface area (Å²) in [6, 6.07) is 0. The number of amides is 1. The average molecular weight is 269 g/mol. The predicted molar refractivity (Wildman–Crippen MR) is 75.0 cm³/mol. The average Bonchev–Trinajstić information content (AvgIpc) is 2.35. The Labute approximate surface area is 116 Å². The Balaban J connectivity index is 2.04. The Morgan fingerprint density at radius 3 is 2.16 bits per heavy atom. The van der Waals surface area contributed by atoms with Crippen molar-refractivity contribution in [1.29, 1.82) is 0 Å². The number of piperidine rings is 1. The van der Waals surface area contributed by atoms with Crippen LogP contribution in [0, 0.1) is 0 Å². The second-order valence-electron chi connectivity index (χ2n) is 6.80. The van der Waals surface area contributed by atoms with Gasteiger partial charge >= 0.3 is 0 Å². The van der Waals surface area contributed by atoms with E-state index in [0.717, 1.165) is 26.2 Å². The van der Waals surface area contributed by atoms with E-state index in [-0.39, 0.29) is 11.4 Å². The highest BCUT2D eigenvalue weighted by Crippen LogP contribution is 2.27. The maximum atomic E-state index is 12.6. The largest absolute Gasteiger partial charge is 0.380 e. The van der Waals surface area contributed by atoms with Crippen LogP contribution in [0.15, 0.2) is 0 Å². The van der Waals surface area contributed by atoms with Crippen LogP contribution in [0.3, 0.4) is 0 Å². The van der Waals surface area contributed by atoms with E-state index in [1.54, 1.807) is 0 Å².